The number of urea groups is 2. The zero-order valence-electron chi connectivity index (χ0n) is 13.2. The molecule has 6 amide bonds. The fraction of sp³-hybridized carbons (Fsp3) is 0.333. The minimum absolute atomic E-state index is 0.329. The SMILES string of the molecule is CCNC(=O)NC(=O)CN1C(=O)[C@H](C)N(c2ccc(F)cc2)C1=O. The molecule has 0 saturated carbocycles. The van der Waals surface area contributed by atoms with Gasteiger partial charge in [-0.1, -0.05) is 0 Å². The Morgan fingerprint density at radius 1 is 1.21 bits per heavy atom. The summed E-state index contributed by atoms with van der Waals surface area (Å²) in [7, 11) is 0. The average Bonchev–Trinajstić information content (AvgIpc) is 2.72. The second kappa shape index (κ2) is 7.07. The maximum absolute atomic E-state index is 13.0. The van der Waals surface area contributed by atoms with Crippen LogP contribution in [0.2, 0.25) is 0 Å². The monoisotopic (exact) mass is 336 g/mol. The van der Waals surface area contributed by atoms with Crippen molar-refractivity contribution in [2.45, 2.75) is 19.9 Å². The number of amides is 6. The van der Waals surface area contributed by atoms with Gasteiger partial charge >= 0.3 is 12.1 Å². The Morgan fingerprint density at radius 3 is 2.42 bits per heavy atom. The van der Waals surface area contributed by atoms with Crippen molar-refractivity contribution in [1.29, 1.82) is 0 Å². The fourth-order valence-corrected chi connectivity index (χ4v) is 2.32. The quantitative estimate of drug-likeness (QED) is 0.796. The Labute approximate surface area is 137 Å². The molecular weight excluding hydrogens is 319 g/mol. The van der Waals surface area contributed by atoms with E-state index < -0.39 is 42.3 Å². The van der Waals surface area contributed by atoms with Crippen LogP contribution >= 0.6 is 0 Å². The van der Waals surface area contributed by atoms with E-state index in [9.17, 15) is 23.6 Å². The predicted molar refractivity (Wildman–Crippen MR) is 82.7 cm³/mol. The van der Waals surface area contributed by atoms with Crippen molar-refractivity contribution >= 4 is 29.6 Å². The van der Waals surface area contributed by atoms with Gasteiger partial charge < -0.3 is 5.32 Å². The van der Waals surface area contributed by atoms with Crippen molar-refractivity contribution in [1.82, 2.24) is 15.5 Å². The van der Waals surface area contributed by atoms with E-state index in [2.05, 4.69) is 5.32 Å². The minimum atomic E-state index is -0.833. The van der Waals surface area contributed by atoms with Crippen molar-refractivity contribution in [3.05, 3.63) is 30.1 Å². The normalized spacial score (nSPS) is 17.2. The van der Waals surface area contributed by atoms with Gasteiger partial charge in [-0.2, -0.15) is 0 Å². The fourth-order valence-electron chi connectivity index (χ4n) is 2.32. The van der Waals surface area contributed by atoms with Crippen LogP contribution < -0.4 is 15.5 Å². The zero-order chi connectivity index (χ0) is 17.9. The summed E-state index contributed by atoms with van der Waals surface area (Å²) >= 11 is 0. The molecule has 1 atom stereocenters. The Balaban J connectivity index is 2.11. The lowest BCUT2D eigenvalue weighted by molar-refractivity contribution is -0.131. The zero-order valence-corrected chi connectivity index (χ0v) is 13.2. The van der Waals surface area contributed by atoms with Crippen molar-refractivity contribution in [2.24, 2.45) is 0 Å². The molecule has 1 aromatic carbocycles. The highest BCUT2D eigenvalue weighted by atomic mass is 19.1. The lowest BCUT2D eigenvalue weighted by atomic mass is 10.2. The largest absolute Gasteiger partial charge is 0.338 e. The van der Waals surface area contributed by atoms with Crippen LogP contribution in [0.25, 0.3) is 0 Å². The first kappa shape index (κ1) is 17.4. The summed E-state index contributed by atoms with van der Waals surface area (Å²) in [6.45, 7) is 2.94. The summed E-state index contributed by atoms with van der Waals surface area (Å²) in [6.07, 6.45) is 0. The second-order valence-electron chi connectivity index (χ2n) is 5.14. The maximum Gasteiger partial charge on any atom is 0.332 e. The van der Waals surface area contributed by atoms with E-state index in [1.165, 1.54) is 36.1 Å². The third-order valence-electron chi connectivity index (χ3n) is 3.44. The van der Waals surface area contributed by atoms with Crippen LogP contribution in [0.3, 0.4) is 0 Å². The van der Waals surface area contributed by atoms with Crippen LogP contribution in [-0.2, 0) is 9.59 Å². The molecule has 1 heterocycles. The van der Waals surface area contributed by atoms with E-state index in [0.717, 1.165) is 4.90 Å². The van der Waals surface area contributed by atoms with Crippen LogP contribution in [0.5, 0.6) is 0 Å². The second-order valence-corrected chi connectivity index (χ2v) is 5.14. The van der Waals surface area contributed by atoms with Crippen LogP contribution in [0, 0.1) is 5.82 Å². The van der Waals surface area contributed by atoms with Crippen LogP contribution in [-0.4, -0.2) is 47.9 Å². The lowest BCUT2D eigenvalue weighted by Gasteiger charge is -2.19. The topological polar surface area (TPSA) is 98.8 Å². The molecule has 2 rings (SSSR count). The van der Waals surface area contributed by atoms with Gasteiger partial charge in [0.2, 0.25) is 5.91 Å². The van der Waals surface area contributed by atoms with Gasteiger partial charge in [0.1, 0.15) is 18.4 Å². The first-order valence-corrected chi connectivity index (χ1v) is 7.33. The van der Waals surface area contributed by atoms with Crippen molar-refractivity contribution in [3.8, 4) is 0 Å². The molecule has 128 valence electrons. The Hall–Kier alpha value is -2.97. The van der Waals surface area contributed by atoms with E-state index in [-0.39, 0.29) is 0 Å². The number of anilines is 1. The van der Waals surface area contributed by atoms with Crippen LogP contribution in [0.1, 0.15) is 13.8 Å². The number of carbonyl (C=O) groups is 4. The number of rotatable bonds is 4. The number of nitrogens with one attached hydrogen (secondary N) is 2. The Kier molecular flexibility index (Phi) is 5.12. The third kappa shape index (κ3) is 3.50. The summed E-state index contributed by atoms with van der Waals surface area (Å²) in [5, 5.41) is 4.39. The molecule has 8 nitrogen and oxygen atoms in total. The van der Waals surface area contributed by atoms with Gasteiger partial charge in [-0.3, -0.25) is 24.7 Å². The molecule has 1 aliphatic heterocycles. The molecule has 0 spiro atoms. The van der Waals surface area contributed by atoms with Gasteiger partial charge in [0, 0.05) is 12.2 Å². The van der Waals surface area contributed by atoms with E-state index in [1.54, 1.807) is 6.92 Å². The van der Waals surface area contributed by atoms with Crippen LogP contribution in [0.4, 0.5) is 19.7 Å². The molecule has 1 fully saturated rings. The van der Waals surface area contributed by atoms with E-state index in [1.807, 2.05) is 5.32 Å². The van der Waals surface area contributed by atoms with Gasteiger partial charge in [0.25, 0.3) is 5.91 Å². The highest BCUT2D eigenvalue weighted by Crippen LogP contribution is 2.25. The van der Waals surface area contributed by atoms with Gasteiger partial charge in [-0.05, 0) is 38.1 Å². The van der Waals surface area contributed by atoms with Gasteiger partial charge in [-0.25, -0.2) is 14.0 Å². The molecule has 1 aromatic rings. The lowest BCUT2D eigenvalue weighted by Crippen LogP contribution is -2.46. The molecule has 2 N–H and O–H groups in total. The molecule has 0 aromatic heterocycles. The first-order chi connectivity index (χ1) is 11.3. The molecule has 0 radical (unpaired) electrons. The number of imide groups is 2. The summed E-state index contributed by atoms with van der Waals surface area (Å²) < 4.78 is 13.0. The van der Waals surface area contributed by atoms with Crippen molar-refractivity contribution in [2.75, 3.05) is 18.0 Å². The van der Waals surface area contributed by atoms with E-state index >= 15 is 0 Å². The summed E-state index contributed by atoms with van der Waals surface area (Å²) in [5.41, 5.74) is 0.342. The number of halogens is 1. The Morgan fingerprint density at radius 2 is 1.83 bits per heavy atom. The number of hydrogen-bond donors (Lipinski definition) is 2. The summed E-state index contributed by atoms with van der Waals surface area (Å²) in [5.74, 6) is -1.83. The molecule has 1 aliphatic rings. The molecule has 9 heteroatoms. The van der Waals surface area contributed by atoms with E-state index in [0.29, 0.717) is 12.2 Å². The van der Waals surface area contributed by atoms with E-state index in [4.69, 9.17) is 0 Å². The minimum Gasteiger partial charge on any atom is -0.338 e. The highest BCUT2D eigenvalue weighted by molar-refractivity contribution is 6.15. The molecular formula is C15H17FN4O4. The van der Waals surface area contributed by atoms with Crippen LogP contribution in [0.15, 0.2) is 24.3 Å². The highest BCUT2D eigenvalue weighted by Gasteiger charge is 2.44. The van der Waals surface area contributed by atoms with Gasteiger partial charge in [0.05, 0.1) is 0 Å². The summed E-state index contributed by atoms with van der Waals surface area (Å²) in [4.78, 5) is 49.6. The first-order valence-electron chi connectivity index (χ1n) is 7.33. The number of benzene rings is 1. The molecule has 1 saturated heterocycles. The molecule has 0 bridgehead atoms. The Bertz CT molecular complexity index is 677. The smallest absolute Gasteiger partial charge is 0.332 e. The molecule has 24 heavy (non-hydrogen) atoms. The standard InChI is InChI=1S/C15H17FN4O4/c1-3-17-14(23)18-12(21)8-19-13(22)9(2)20(15(19)24)11-6-4-10(16)5-7-11/h4-7,9H,3,8H2,1-2H3,(H2,17,18,21,23)/t9-/m0/s1. The summed E-state index contributed by atoms with van der Waals surface area (Å²) in [6, 6.07) is 2.84. The van der Waals surface area contributed by atoms with Crippen molar-refractivity contribution < 1.29 is 23.6 Å². The molecule has 0 unspecified atom stereocenters. The van der Waals surface area contributed by atoms with Gasteiger partial charge in [0.15, 0.2) is 0 Å². The van der Waals surface area contributed by atoms with Crippen molar-refractivity contribution in [3.63, 3.8) is 0 Å². The maximum atomic E-state index is 13.0. The molecule has 0 aliphatic carbocycles. The van der Waals surface area contributed by atoms with Gasteiger partial charge in [-0.15, -0.1) is 0 Å². The number of nitrogens with zero attached hydrogens (tertiary/aromatic N) is 2. The number of hydrogen-bond acceptors (Lipinski definition) is 4. The number of carbonyl (C=O) groups excluding carboxylic acids is 4. The predicted octanol–water partition coefficient (Wildman–Crippen LogP) is 0.829. The third-order valence-corrected chi connectivity index (χ3v) is 3.44. The average molecular weight is 336 g/mol.